The van der Waals surface area contributed by atoms with Crippen molar-refractivity contribution in [3.8, 4) is 11.5 Å². The maximum absolute atomic E-state index is 13.2. The van der Waals surface area contributed by atoms with E-state index in [1.54, 1.807) is 0 Å². The van der Waals surface area contributed by atoms with Crippen molar-refractivity contribution >= 4 is 22.2 Å². The number of benzene rings is 1. The highest BCUT2D eigenvalue weighted by Crippen LogP contribution is 2.35. The van der Waals surface area contributed by atoms with Crippen LogP contribution >= 0.6 is 15.9 Å². The van der Waals surface area contributed by atoms with Crippen molar-refractivity contribution in [3.05, 3.63) is 21.9 Å². The minimum Gasteiger partial charge on any atom is -0.504 e. The summed E-state index contributed by atoms with van der Waals surface area (Å²) in [6, 6.07) is 1.13. The van der Waals surface area contributed by atoms with Gasteiger partial charge in [-0.3, -0.25) is 4.79 Å². The van der Waals surface area contributed by atoms with Crippen LogP contribution in [-0.4, -0.2) is 18.5 Å². The lowest BCUT2D eigenvalue weighted by atomic mass is 10.2. The molecule has 1 rings (SSSR count). The molecule has 0 bridgehead atoms. The van der Waals surface area contributed by atoms with E-state index in [2.05, 4.69) is 20.7 Å². The van der Waals surface area contributed by atoms with Crippen LogP contribution < -0.4 is 4.74 Å². The Morgan fingerprint density at radius 2 is 2.31 bits per heavy atom. The third-order valence-electron chi connectivity index (χ3n) is 1.51. The Morgan fingerprint density at radius 3 is 2.77 bits per heavy atom. The summed E-state index contributed by atoms with van der Waals surface area (Å²) in [6.45, 7) is 0. The van der Waals surface area contributed by atoms with Gasteiger partial charge in [0.25, 0.3) is 0 Å². The molecule has 0 saturated heterocycles. The molecule has 0 aromatic heterocycles. The highest BCUT2D eigenvalue weighted by Gasteiger charge is 2.16. The van der Waals surface area contributed by atoms with Crippen LogP contribution in [0.25, 0.3) is 0 Å². The fourth-order valence-corrected chi connectivity index (χ4v) is 1.37. The van der Waals surface area contributed by atoms with Crippen molar-refractivity contribution in [3.63, 3.8) is 0 Å². The van der Waals surface area contributed by atoms with E-state index in [0.29, 0.717) is 6.29 Å². The lowest BCUT2D eigenvalue weighted by molar-refractivity contribution is 0.111. The molecule has 5 heteroatoms. The average Bonchev–Trinajstić information content (AvgIpc) is 2.10. The molecule has 0 spiro atoms. The molecular weight excluding hydrogens is 243 g/mol. The fourth-order valence-electron chi connectivity index (χ4n) is 0.935. The van der Waals surface area contributed by atoms with Gasteiger partial charge in [0.15, 0.2) is 23.6 Å². The molecule has 0 heterocycles. The molecule has 0 aliphatic rings. The van der Waals surface area contributed by atoms with Crippen LogP contribution in [0.4, 0.5) is 4.39 Å². The van der Waals surface area contributed by atoms with Gasteiger partial charge in [0.2, 0.25) is 0 Å². The number of phenolic OH excluding ortho intramolecular Hbond substituents is 1. The van der Waals surface area contributed by atoms with Crippen molar-refractivity contribution < 1.29 is 19.0 Å². The second kappa shape index (κ2) is 3.74. The van der Waals surface area contributed by atoms with Crippen LogP contribution in [0.15, 0.2) is 10.5 Å². The van der Waals surface area contributed by atoms with Crippen molar-refractivity contribution in [1.29, 1.82) is 0 Å². The van der Waals surface area contributed by atoms with E-state index >= 15 is 0 Å². The van der Waals surface area contributed by atoms with Gasteiger partial charge in [-0.1, -0.05) is 0 Å². The normalized spacial score (nSPS) is 9.77. The number of methoxy groups -OCH3 is 1. The standard InChI is InChI=1S/C8H6BrFO3/c1-13-8-4(3-11)7(10)5(9)2-6(8)12/h2-3,12H,1H3. The minimum atomic E-state index is -0.746. The van der Waals surface area contributed by atoms with Crippen molar-refractivity contribution in [2.75, 3.05) is 7.11 Å². The third kappa shape index (κ3) is 1.65. The second-order valence-electron chi connectivity index (χ2n) is 2.26. The molecule has 0 unspecified atom stereocenters. The van der Waals surface area contributed by atoms with Crippen LogP contribution in [0.3, 0.4) is 0 Å². The molecule has 0 saturated carbocycles. The van der Waals surface area contributed by atoms with E-state index in [1.165, 1.54) is 7.11 Å². The Balaban J connectivity index is 3.50. The lowest BCUT2D eigenvalue weighted by Gasteiger charge is -2.07. The van der Waals surface area contributed by atoms with Crippen LogP contribution in [0.2, 0.25) is 0 Å². The molecule has 0 atom stereocenters. The summed E-state index contributed by atoms with van der Waals surface area (Å²) in [6.07, 6.45) is 0.290. The number of rotatable bonds is 2. The van der Waals surface area contributed by atoms with Crippen LogP contribution in [-0.2, 0) is 0 Å². The highest BCUT2D eigenvalue weighted by atomic mass is 79.9. The number of aldehydes is 1. The number of carbonyl (C=O) groups excluding carboxylic acids is 1. The first-order valence-electron chi connectivity index (χ1n) is 3.32. The highest BCUT2D eigenvalue weighted by molar-refractivity contribution is 9.10. The van der Waals surface area contributed by atoms with Crippen molar-refractivity contribution in [2.45, 2.75) is 0 Å². The summed E-state index contributed by atoms with van der Waals surface area (Å²) >= 11 is 2.85. The van der Waals surface area contributed by atoms with Gasteiger partial charge in [0.05, 0.1) is 17.1 Å². The second-order valence-corrected chi connectivity index (χ2v) is 3.11. The number of ether oxygens (including phenoxy) is 1. The zero-order chi connectivity index (χ0) is 10.0. The largest absolute Gasteiger partial charge is 0.504 e. The Morgan fingerprint density at radius 1 is 1.69 bits per heavy atom. The zero-order valence-electron chi connectivity index (χ0n) is 6.67. The van der Waals surface area contributed by atoms with Gasteiger partial charge in [-0.15, -0.1) is 0 Å². The molecule has 1 N–H and O–H groups in total. The monoisotopic (exact) mass is 248 g/mol. The Bertz CT molecular complexity index is 352. The van der Waals surface area contributed by atoms with Gasteiger partial charge in [-0.05, 0) is 15.9 Å². The van der Waals surface area contributed by atoms with Crippen LogP contribution in [0, 0.1) is 5.82 Å². The molecule has 0 radical (unpaired) electrons. The molecule has 0 aliphatic heterocycles. The van der Waals surface area contributed by atoms with E-state index in [9.17, 15) is 14.3 Å². The fraction of sp³-hybridized carbons (Fsp3) is 0.125. The molecule has 70 valence electrons. The number of halogens is 2. The number of aromatic hydroxyl groups is 1. The van der Waals surface area contributed by atoms with Crippen LogP contribution in [0.1, 0.15) is 10.4 Å². The summed E-state index contributed by atoms with van der Waals surface area (Å²) in [4.78, 5) is 10.5. The smallest absolute Gasteiger partial charge is 0.174 e. The average molecular weight is 249 g/mol. The molecule has 0 aliphatic carbocycles. The Kier molecular flexibility index (Phi) is 2.87. The Hall–Kier alpha value is -1.10. The summed E-state index contributed by atoms with van der Waals surface area (Å²) in [7, 11) is 1.25. The SMILES string of the molecule is COc1c(O)cc(Br)c(F)c1C=O. The minimum absolute atomic E-state index is 0.0212. The van der Waals surface area contributed by atoms with Crippen molar-refractivity contribution in [1.82, 2.24) is 0 Å². The van der Waals surface area contributed by atoms with Gasteiger partial charge in [0.1, 0.15) is 0 Å². The van der Waals surface area contributed by atoms with Gasteiger partial charge < -0.3 is 9.84 Å². The van der Waals surface area contributed by atoms with E-state index in [-0.39, 0.29) is 21.5 Å². The molecule has 1 aromatic rings. The predicted octanol–water partition coefficient (Wildman–Crippen LogP) is 2.11. The topological polar surface area (TPSA) is 46.5 Å². The number of hydrogen-bond acceptors (Lipinski definition) is 3. The Labute approximate surface area is 82.3 Å². The van der Waals surface area contributed by atoms with E-state index in [1.807, 2.05) is 0 Å². The molecule has 1 aromatic carbocycles. The number of phenols is 1. The third-order valence-corrected chi connectivity index (χ3v) is 2.09. The van der Waals surface area contributed by atoms with Crippen LogP contribution in [0.5, 0.6) is 11.5 Å². The molecule has 0 fully saturated rings. The number of hydrogen-bond donors (Lipinski definition) is 1. The predicted molar refractivity (Wildman–Crippen MR) is 47.7 cm³/mol. The first kappa shape index (κ1) is 9.98. The van der Waals surface area contributed by atoms with Crippen molar-refractivity contribution in [2.24, 2.45) is 0 Å². The maximum atomic E-state index is 13.2. The first-order valence-corrected chi connectivity index (χ1v) is 4.11. The van der Waals surface area contributed by atoms with Gasteiger partial charge in [0, 0.05) is 6.07 Å². The van der Waals surface area contributed by atoms with Gasteiger partial charge >= 0.3 is 0 Å². The summed E-state index contributed by atoms with van der Waals surface area (Å²) in [5.74, 6) is -1.18. The molecule has 0 amide bonds. The maximum Gasteiger partial charge on any atom is 0.174 e. The molecular formula is C8H6BrFO3. The molecule has 3 nitrogen and oxygen atoms in total. The molecule has 13 heavy (non-hydrogen) atoms. The quantitative estimate of drug-likeness (QED) is 0.816. The van der Waals surface area contributed by atoms with Gasteiger partial charge in [-0.25, -0.2) is 4.39 Å². The summed E-state index contributed by atoms with van der Waals surface area (Å²) < 4.78 is 17.8. The lowest BCUT2D eigenvalue weighted by Crippen LogP contribution is -1.96. The van der Waals surface area contributed by atoms with E-state index in [4.69, 9.17) is 0 Å². The number of carbonyl (C=O) groups is 1. The van der Waals surface area contributed by atoms with E-state index < -0.39 is 5.82 Å². The first-order chi connectivity index (χ1) is 6.11. The van der Waals surface area contributed by atoms with Gasteiger partial charge in [-0.2, -0.15) is 0 Å². The van der Waals surface area contributed by atoms with E-state index in [0.717, 1.165) is 6.07 Å². The zero-order valence-corrected chi connectivity index (χ0v) is 8.26. The summed E-state index contributed by atoms with van der Waals surface area (Å²) in [5.41, 5.74) is -0.297. The summed E-state index contributed by atoms with van der Waals surface area (Å²) in [5, 5.41) is 9.25.